The predicted molar refractivity (Wildman–Crippen MR) is 132 cm³/mol. The van der Waals surface area contributed by atoms with Gasteiger partial charge in [-0.15, -0.1) is 10.2 Å². The van der Waals surface area contributed by atoms with Crippen LogP contribution in [0.25, 0.3) is 5.76 Å². The van der Waals surface area contributed by atoms with Crippen molar-refractivity contribution >= 4 is 33.9 Å². The zero-order valence-electron chi connectivity index (χ0n) is 19.9. The molecule has 1 atom stereocenters. The number of aromatic nitrogens is 2. The fourth-order valence-corrected chi connectivity index (χ4v) is 4.95. The van der Waals surface area contributed by atoms with Crippen LogP contribution in [-0.4, -0.2) is 40.2 Å². The summed E-state index contributed by atoms with van der Waals surface area (Å²) in [6.45, 7) is 8.94. The topological polar surface area (TPSA) is 102 Å². The molecule has 8 nitrogen and oxygen atoms in total. The normalized spacial score (nSPS) is 19.3. The first-order chi connectivity index (χ1) is 16.6. The van der Waals surface area contributed by atoms with Gasteiger partial charge in [0.2, 0.25) is 5.13 Å². The molecule has 1 amide bonds. The summed E-state index contributed by atoms with van der Waals surface area (Å²) in [6.07, 6.45) is 0. The van der Waals surface area contributed by atoms with E-state index in [9.17, 15) is 14.7 Å². The minimum Gasteiger partial charge on any atom is -0.507 e. The highest BCUT2D eigenvalue weighted by molar-refractivity contribution is 7.15. The van der Waals surface area contributed by atoms with E-state index in [2.05, 4.69) is 31.0 Å². The highest BCUT2D eigenvalue weighted by Crippen LogP contribution is 2.44. The summed E-state index contributed by atoms with van der Waals surface area (Å²) in [5.74, 6) is -0.790. The van der Waals surface area contributed by atoms with Crippen LogP contribution in [0.2, 0.25) is 0 Å². The van der Waals surface area contributed by atoms with Gasteiger partial charge in [-0.1, -0.05) is 56.4 Å². The van der Waals surface area contributed by atoms with Crippen molar-refractivity contribution in [3.63, 3.8) is 0 Å². The average Bonchev–Trinajstić information content (AvgIpc) is 3.38. The number of carbonyl (C=O) groups is 2. The van der Waals surface area contributed by atoms with Gasteiger partial charge in [0, 0.05) is 5.56 Å². The van der Waals surface area contributed by atoms with E-state index in [1.807, 2.05) is 24.3 Å². The molecular weight excluding hydrogens is 466 g/mol. The Morgan fingerprint density at radius 2 is 1.71 bits per heavy atom. The van der Waals surface area contributed by atoms with Crippen LogP contribution in [0.3, 0.4) is 0 Å². The fraction of sp³-hybridized carbons (Fsp3) is 0.308. The third-order valence-corrected chi connectivity index (χ3v) is 6.91. The van der Waals surface area contributed by atoms with Gasteiger partial charge in [-0.3, -0.25) is 14.5 Å². The summed E-state index contributed by atoms with van der Waals surface area (Å²) in [5.41, 5.74) is 2.07. The van der Waals surface area contributed by atoms with Crippen LogP contribution >= 0.6 is 11.3 Å². The first kappa shape index (κ1) is 23.0. The van der Waals surface area contributed by atoms with Crippen LogP contribution in [0.1, 0.15) is 48.5 Å². The molecule has 3 heterocycles. The molecule has 1 fully saturated rings. The Morgan fingerprint density at radius 1 is 1.03 bits per heavy atom. The van der Waals surface area contributed by atoms with Gasteiger partial charge in [-0.2, -0.15) is 0 Å². The molecule has 2 aliphatic rings. The van der Waals surface area contributed by atoms with Crippen molar-refractivity contribution in [3.05, 3.63) is 69.7 Å². The number of nitrogens with zero attached hydrogens (tertiary/aromatic N) is 3. The first-order valence-corrected chi connectivity index (χ1v) is 12.1. The Morgan fingerprint density at radius 3 is 2.34 bits per heavy atom. The molecule has 9 heteroatoms. The van der Waals surface area contributed by atoms with Gasteiger partial charge < -0.3 is 14.6 Å². The lowest BCUT2D eigenvalue weighted by molar-refractivity contribution is -0.132. The van der Waals surface area contributed by atoms with Gasteiger partial charge >= 0.3 is 5.91 Å². The third kappa shape index (κ3) is 4.05. The lowest BCUT2D eigenvalue weighted by atomic mass is 9.85. The monoisotopic (exact) mass is 491 g/mol. The largest absolute Gasteiger partial charge is 0.507 e. The van der Waals surface area contributed by atoms with Crippen molar-refractivity contribution in [3.8, 4) is 11.5 Å². The van der Waals surface area contributed by atoms with Crippen molar-refractivity contribution in [1.82, 2.24) is 10.2 Å². The molecule has 0 radical (unpaired) electrons. The number of aryl methyl sites for hydroxylation is 1. The highest BCUT2D eigenvalue weighted by atomic mass is 32.1. The Bertz CT molecular complexity index is 1350. The number of benzene rings is 2. The molecule has 3 aromatic rings. The summed E-state index contributed by atoms with van der Waals surface area (Å²) in [4.78, 5) is 27.9. The maximum absolute atomic E-state index is 13.3. The van der Waals surface area contributed by atoms with Gasteiger partial charge in [0.25, 0.3) is 5.78 Å². The zero-order valence-corrected chi connectivity index (χ0v) is 20.7. The molecule has 1 unspecified atom stereocenters. The van der Waals surface area contributed by atoms with Crippen LogP contribution in [0, 0.1) is 6.92 Å². The number of hydrogen-bond acceptors (Lipinski definition) is 8. The standard InChI is InChI=1S/C26H25N3O5S/c1-14-27-28-25(35-14)29-21(15-5-8-17(9-6-15)26(2,3)4)20(23(31)24(29)32)22(30)16-7-10-18-19(13-16)34-12-11-33-18/h5-10,13,21,30H,11-12H2,1-4H3/b22-20-. The van der Waals surface area contributed by atoms with E-state index in [4.69, 9.17) is 9.47 Å². The number of carbonyl (C=O) groups excluding carboxylic acids is 2. The van der Waals surface area contributed by atoms with E-state index in [0.717, 1.165) is 5.56 Å². The number of hydrogen-bond donors (Lipinski definition) is 1. The van der Waals surface area contributed by atoms with Crippen LogP contribution in [0.5, 0.6) is 11.5 Å². The SMILES string of the molecule is Cc1nnc(N2C(=O)C(=O)/C(=C(\O)c3ccc4c(c3)OCCO4)C2c2ccc(C(C)(C)C)cc2)s1. The summed E-state index contributed by atoms with van der Waals surface area (Å²) in [6, 6.07) is 11.8. The Hall–Kier alpha value is -3.72. The van der Waals surface area contributed by atoms with Gasteiger partial charge in [0.1, 0.15) is 24.0 Å². The van der Waals surface area contributed by atoms with E-state index in [0.29, 0.717) is 46.0 Å². The van der Waals surface area contributed by atoms with E-state index in [1.54, 1.807) is 25.1 Å². The van der Waals surface area contributed by atoms with Gasteiger partial charge in [0.05, 0.1) is 11.6 Å². The molecule has 0 saturated carbocycles. The van der Waals surface area contributed by atoms with E-state index >= 15 is 0 Å². The smallest absolute Gasteiger partial charge is 0.301 e. The molecule has 1 N–H and O–H groups in total. The highest BCUT2D eigenvalue weighted by Gasteiger charge is 2.48. The summed E-state index contributed by atoms with van der Waals surface area (Å²) < 4.78 is 11.2. The van der Waals surface area contributed by atoms with Crippen molar-refractivity contribution < 1.29 is 24.2 Å². The molecule has 35 heavy (non-hydrogen) atoms. The summed E-state index contributed by atoms with van der Waals surface area (Å²) in [5, 5.41) is 20.5. The number of ether oxygens (including phenoxy) is 2. The molecule has 180 valence electrons. The van der Waals surface area contributed by atoms with Gasteiger partial charge in [-0.05, 0) is 41.7 Å². The van der Waals surface area contributed by atoms with Crippen LogP contribution in [-0.2, 0) is 15.0 Å². The molecule has 0 aliphatic carbocycles. The van der Waals surface area contributed by atoms with Crippen molar-refractivity contribution in [2.45, 2.75) is 39.2 Å². The second-order valence-electron chi connectivity index (χ2n) is 9.50. The molecule has 5 rings (SSSR count). The Balaban J connectivity index is 1.67. The third-order valence-electron chi connectivity index (χ3n) is 6.07. The molecule has 0 bridgehead atoms. The number of Topliss-reactive ketones (excluding diaryl/α,β-unsaturated/α-hetero) is 1. The van der Waals surface area contributed by atoms with Crippen LogP contribution in [0.15, 0.2) is 48.0 Å². The number of ketones is 1. The first-order valence-electron chi connectivity index (χ1n) is 11.3. The van der Waals surface area contributed by atoms with Gasteiger partial charge in [0.15, 0.2) is 11.5 Å². The summed E-state index contributed by atoms with van der Waals surface area (Å²) >= 11 is 1.21. The Labute approximate surface area is 206 Å². The molecular formula is C26H25N3O5S. The molecule has 2 aliphatic heterocycles. The van der Waals surface area contributed by atoms with E-state index in [-0.39, 0.29) is 16.7 Å². The maximum Gasteiger partial charge on any atom is 0.301 e. The fourth-order valence-electron chi connectivity index (χ4n) is 4.24. The number of aliphatic hydroxyl groups excluding tert-OH is 1. The lowest BCUT2D eigenvalue weighted by Crippen LogP contribution is -2.29. The number of aliphatic hydroxyl groups is 1. The zero-order chi connectivity index (χ0) is 24.9. The predicted octanol–water partition coefficient (Wildman–Crippen LogP) is 4.54. The number of rotatable bonds is 3. The second kappa shape index (κ2) is 8.49. The quantitative estimate of drug-likeness (QED) is 0.326. The van der Waals surface area contributed by atoms with Crippen molar-refractivity contribution in [2.75, 3.05) is 18.1 Å². The summed E-state index contributed by atoms with van der Waals surface area (Å²) in [7, 11) is 0. The molecule has 2 aromatic carbocycles. The second-order valence-corrected chi connectivity index (χ2v) is 10.7. The Kier molecular flexibility index (Phi) is 5.59. The molecule has 0 spiro atoms. The van der Waals surface area contributed by atoms with E-state index < -0.39 is 17.7 Å². The minimum atomic E-state index is -0.857. The van der Waals surface area contributed by atoms with Crippen LogP contribution in [0.4, 0.5) is 5.13 Å². The number of amides is 1. The lowest BCUT2D eigenvalue weighted by Gasteiger charge is -2.24. The van der Waals surface area contributed by atoms with Crippen molar-refractivity contribution in [2.24, 2.45) is 0 Å². The maximum atomic E-state index is 13.3. The number of anilines is 1. The molecule has 1 aromatic heterocycles. The van der Waals surface area contributed by atoms with Crippen LogP contribution < -0.4 is 14.4 Å². The number of fused-ring (bicyclic) bond motifs is 1. The minimum absolute atomic E-state index is 0.0111. The van der Waals surface area contributed by atoms with E-state index in [1.165, 1.54) is 16.2 Å². The van der Waals surface area contributed by atoms with Gasteiger partial charge in [-0.25, -0.2) is 0 Å². The van der Waals surface area contributed by atoms with Crippen molar-refractivity contribution in [1.29, 1.82) is 0 Å². The average molecular weight is 492 g/mol. The molecule has 1 saturated heterocycles.